The lowest BCUT2D eigenvalue weighted by atomic mass is 10.0. The SMILES string of the molecule is CC[C@@H](O)[C@@H](C)/C=C\N(C)S(C)(=O)=O. The predicted molar refractivity (Wildman–Crippen MR) is 57.2 cm³/mol. The fraction of sp³-hybridized carbons (Fsp3) is 0.778. The molecule has 0 unspecified atom stereocenters. The van der Waals surface area contributed by atoms with Crippen LogP contribution in [0, 0.1) is 5.92 Å². The normalized spacial score (nSPS) is 16.9. The summed E-state index contributed by atoms with van der Waals surface area (Å²) in [7, 11) is -1.70. The van der Waals surface area contributed by atoms with Gasteiger partial charge in [-0.15, -0.1) is 0 Å². The van der Waals surface area contributed by atoms with E-state index >= 15 is 0 Å². The van der Waals surface area contributed by atoms with Gasteiger partial charge in [0.15, 0.2) is 0 Å². The van der Waals surface area contributed by atoms with Crippen molar-refractivity contribution in [2.45, 2.75) is 26.4 Å². The van der Waals surface area contributed by atoms with E-state index in [9.17, 15) is 13.5 Å². The van der Waals surface area contributed by atoms with E-state index in [-0.39, 0.29) is 5.92 Å². The minimum Gasteiger partial charge on any atom is -0.393 e. The molecule has 0 aliphatic heterocycles. The van der Waals surface area contributed by atoms with E-state index in [1.165, 1.54) is 13.2 Å². The second-order valence-corrected chi connectivity index (χ2v) is 5.50. The lowest BCUT2D eigenvalue weighted by molar-refractivity contribution is 0.133. The molecule has 1 N–H and O–H groups in total. The van der Waals surface area contributed by atoms with Crippen LogP contribution in [0.5, 0.6) is 0 Å². The molecule has 0 heterocycles. The summed E-state index contributed by atoms with van der Waals surface area (Å²) in [6.45, 7) is 3.73. The number of hydrogen-bond donors (Lipinski definition) is 1. The Balaban J connectivity index is 4.31. The highest BCUT2D eigenvalue weighted by Gasteiger charge is 2.10. The Bertz CT molecular complexity index is 284. The Morgan fingerprint density at radius 3 is 2.36 bits per heavy atom. The van der Waals surface area contributed by atoms with Gasteiger partial charge in [0.05, 0.1) is 12.4 Å². The van der Waals surface area contributed by atoms with E-state index in [0.717, 1.165) is 10.6 Å². The highest BCUT2D eigenvalue weighted by atomic mass is 32.2. The Morgan fingerprint density at radius 1 is 1.50 bits per heavy atom. The molecule has 0 spiro atoms. The third-order valence-electron chi connectivity index (χ3n) is 2.15. The molecular weight excluding hydrogens is 202 g/mol. The van der Waals surface area contributed by atoms with Gasteiger partial charge in [-0.2, -0.15) is 0 Å². The lowest BCUT2D eigenvalue weighted by Crippen LogP contribution is -2.21. The fourth-order valence-electron chi connectivity index (χ4n) is 0.868. The zero-order valence-electron chi connectivity index (χ0n) is 9.14. The summed E-state index contributed by atoms with van der Waals surface area (Å²) in [6, 6.07) is 0. The minimum absolute atomic E-state index is 0.0378. The molecule has 0 aromatic carbocycles. The quantitative estimate of drug-likeness (QED) is 0.747. The maximum Gasteiger partial charge on any atom is 0.231 e. The van der Waals surface area contributed by atoms with Crippen molar-refractivity contribution in [2.75, 3.05) is 13.3 Å². The number of aliphatic hydroxyl groups is 1. The van der Waals surface area contributed by atoms with Gasteiger partial charge in [0.25, 0.3) is 0 Å². The summed E-state index contributed by atoms with van der Waals surface area (Å²) in [5.74, 6) is -0.0378. The van der Waals surface area contributed by atoms with Gasteiger partial charge < -0.3 is 5.11 Å². The molecule has 0 saturated carbocycles. The number of aliphatic hydroxyl groups excluding tert-OH is 1. The van der Waals surface area contributed by atoms with E-state index in [4.69, 9.17) is 0 Å². The molecular formula is C9H19NO3S. The molecule has 14 heavy (non-hydrogen) atoms. The van der Waals surface area contributed by atoms with Crippen LogP contribution >= 0.6 is 0 Å². The maximum atomic E-state index is 11.0. The van der Waals surface area contributed by atoms with Crippen molar-refractivity contribution in [3.8, 4) is 0 Å². The number of hydrogen-bond acceptors (Lipinski definition) is 3. The molecule has 0 bridgehead atoms. The van der Waals surface area contributed by atoms with Gasteiger partial charge in [0, 0.05) is 19.2 Å². The molecule has 0 aliphatic rings. The topological polar surface area (TPSA) is 57.6 Å². The van der Waals surface area contributed by atoms with Crippen LogP contribution in [0.1, 0.15) is 20.3 Å². The van der Waals surface area contributed by atoms with E-state index < -0.39 is 16.1 Å². The summed E-state index contributed by atoms with van der Waals surface area (Å²) in [5, 5.41) is 9.42. The molecule has 0 aromatic rings. The molecule has 0 aliphatic carbocycles. The van der Waals surface area contributed by atoms with Crippen molar-refractivity contribution in [3.05, 3.63) is 12.3 Å². The number of nitrogens with zero attached hydrogens (tertiary/aromatic N) is 1. The van der Waals surface area contributed by atoms with Crippen molar-refractivity contribution < 1.29 is 13.5 Å². The van der Waals surface area contributed by atoms with E-state index in [1.54, 1.807) is 6.08 Å². The molecule has 2 atom stereocenters. The zero-order chi connectivity index (χ0) is 11.4. The van der Waals surface area contributed by atoms with Crippen molar-refractivity contribution >= 4 is 10.0 Å². The van der Waals surface area contributed by atoms with Gasteiger partial charge in [-0.25, -0.2) is 8.42 Å². The largest absolute Gasteiger partial charge is 0.393 e. The number of sulfonamides is 1. The van der Waals surface area contributed by atoms with Gasteiger partial charge in [0.1, 0.15) is 0 Å². The van der Waals surface area contributed by atoms with Crippen molar-refractivity contribution in [3.63, 3.8) is 0 Å². The van der Waals surface area contributed by atoms with E-state index in [0.29, 0.717) is 6.42 Å². The van der Waals surface area contributed by atoms with Crippen LogP contribution in [0.25, 0.3) is 0 Å². The first-order chi connectivity index (χ1) is 6.29. The highest BCUT2D eigenvalue weighted by Crippen LogP contribution is 2.08. The third-order valence-corrected chi connectivity index (χ3v) is 3.32. The summed E-state index contributed by atoms with van der Waals surface area (Å²) in [5.41, 5.74) is 0. The average molecular weight is 221 g/mol. The van der Waals surface area contributed by atoms with Gasteiger partial charge in [0.2, 0.25) is 10.0 Å². The first-order valence-electron chi connectivity index (χ1n) is 4.58. The van der Waals surface area contributed by atoms with Gasteiger partial charge in [-0.1, -0.05) is 19.9 Å². The van der Waals surface area contributed by atoms with E-state index in [2.05, 4.69) is 0 Å². The van der Waals surface area contributed by atoms with Crippen LogP contribution in [-0.4, -0.2) is 37.2 Å². The molecule has 84 valence electrons. The second kappa shape index (κ2) is 5.36. The smallest absolute Gasteiger partial charge is 0.231 e. The lowest BCUT2D eigenvalue weighted by Gasteiger charge is -2.15. The Morgan fingerprint density at radius 2 is 2.00 bits per heavy atom. The molecule has 0 radical (unpaired) electrons. The maximum absolute atomic E-state index is 11.0. The Kier molecular flexibility index (Phi) is 5.15. The first-order valence-corrected chi connectivity index (χ1v) is 6.43. The minimum atomic E-state index is -3.17. The molecule has 0 fully saturated rings. The molecule has 4 nitrogen and oxygen atoms in total. The summed E-state index contributed by atoms with van der Waals surface area (Å²) in [6.07, 6.45) is 4.54. The first kappa shape index (κ1) is 13.4. The van der Waals surface area contributed by atoms with E-state index in [1.807, 2.05) is 13.8 Å². The number of rotatable bonds is 5. The predicted octanol–water partition coefficient (Wildman–Crippen LogP) is 0.798. The Labute approximate surface area is 86.3 Å². The average Bonchev–Trinajstić information content (AvgIpc) is 2.10. The summed E-state index contributed by atoms with van der Waals surface area (Å²) < 4.78 is 23.1. The molecule has 5 heteroatoms. The molecule has 0 aromatic heterocycles. The molecule has 0 rings (SSSR count). The zero-order valence-corrected chi connectivity index (χ0v) is 9.95. The van der Waals surface area contributed by atoms with Crippen molar-refractivity contribution in [1.29, 1.82) is 0 Å². The van der Waals surface area contributed by atoms with Crippen LogP contribution in [0.4, 0.5) is 0 Å². The van der Waals surface area contributed by atoms with Crippen LogP contribution < -0.4 is 0 Å². The second-order valence-electron chi connectivity index (χ2n) is 3.46. The molecule has 0 amide bonds. The van der Waals surface area contributed by atoms with Crippen molar-refractivity contribution in [1.82, 2.24) is 4.31 Å². The van der Waals surface area contributed by atoms with Gasteiger partial charge in [-0.3, -0.25) is 4.31 Å². The monoisotopic (exact) mass is 221 g/mol. The van der Waals surface area contributed by atoms with Crippen molar-refractivity contribution in [2.24, 2.45) is 5.92 Å². The van der Waals surface area contributed by atoms with Gasteiger partial charge >= 0.3 is 0 Å². The van der Waals surface area contributed by atoms with Gasteiger partial charge in [-0.05, 0) is 6.42 Å². The van der Waals surface area contributed by atoms with Crippen LogP contribution in [0.15, 0.2) is 12.3 Å². The van der Waals surface area contributed by atoms with Crippen LogP contribution in [0.3, 0.4) is 0 Å². The van der Waals surface area contributed by atoms with Crippen LogP contribution in [-0.2, 0) is 10.0 Å². The third kappa shape index (κ3) is 4.62. The summed E-state index contributed by atoms with van der Waals surface area (Å²) >= 11 is 0. The summed E-state index contributed by atoms with van der Waals surface area (Å²) in [4.78, 5) is 0. The van der Waals surface area contributed by atoms with Crippen LogP contribution in [0.2, 0.25) is 0 Å². The molecule has 0 saturated heterocycles. The highest BCUT2D eigenvalue weighted by molar-refractivity contribution is 7.88. The standard InChI is InChI=1S/C9H19NO3S/c1-5-9(11)8(2)6-7-10(3)14(4,12)13/h6-9,11H,5H2,1-4H3/b7-6-/t8-,9+/m0/s1. The fourth-order valence-corrected chi connectivity index (χ4v) is 1.16. The Hall–Kier alpha value is -0.550.